The maximum atomic E-state index is 6.04. The highest BCUT2D eigenvalue weighted by molar-refractivity contribution is 7.98. The van der Waals surface area contributed by atoms with E-state index in [0.717, 1.165) is 48.7 Å². The predicted molar refractivity (Wildman–Crippen MR) is 83.5 cm³/mol. The summed E-state index contributed by atoms with van der Waals surface area (Å²) in [4.78, 5) is 0. The van der Waals surface area contributed by atoms with E-state index in [-0.39, 0.29) is 6.04 Å². The lowest BCUT2D eigenvalue weighted by Crippen LogP contribution is -2.21. The second kappa shape index (κ2) is 9.10. The number of nitrogens with two attached hydrogens (primary N) is 1. The van der Waals surface area contributed by atoms with E-state index in [2.05, 4.69) is 13.2 Å². The maximum Gasteiger partial charge on any atom is 0.122 e. The Balaban J connectivity index is 2.71. The smallest absolute Gasteiger partial charge is 0.122 e. The van der Waals surface area contributed by atoms with Gasteiger partial charge in [0.25, 0.3) is 0 Å². The van der Waals surface area contributed by atoms with Crippen molar-refractivity contribution in [1.82, 2.24) is 0 Å². The van der Waals surface area contributed by atoms with Gasteiger partial charge in [-0.05, 0) is 55.0 Å². The summed E-state index contributed by atoms with van der Waals surface area (Å²) in [6.45, 7) is 2.85. The average molecular weight is 283 g/mol. The van der Waals surface area contributed by atoms with Crippen molar-refractivity contribution in [2.45, 2.75) is 32.2 Å². The predicted octanol–water partition coefficient (Wildman–Crippen LogP) is 3.11. The Morgan fingerprint density at radius 2 is 2.16 bits per heavy atom. The van der Waals surface area contributed by atoms with Gasteiger partial charge in [-0.25, -0.2) is 0 Å². The zero-order chi connectivity index (χ0) is 14.1. The Hall–Kier alpha value is -0.870. The van der Waals surface area contributed by atoms with Crippen LogP contribution in [0.4, 0.5) is 0 Å². The fraction of sp³-hybridized carbons (Fsp3) is 0.600. The van der Waals surface area contributed by atoms with Crippen LogP contribution < -0.4 is 15.2 Å². The number of hydrogen-bond acceptors (Lipinski definition) is 4. The zero-order valence-electron chi connectivity index (χ0n) is 12.1. The zero-order valence-corrected chi connectivity index (χ0v) is 13.0. The first kappa shape index (κ1) is 16.2. The second-order valence-corrected chi connectivity index (χ2v) is 5.53. The van der Waals surface area contributed by atoms with Crippen molar-refractivity contribution >= 4 is 11.8 Å². The summed E-state index contributed by atoms with van der Waals surface area (Å²) >= 11 is 1.84. The number of rotatable bonds is 9. The molecule has 0 saturated heterocycles. The van der Waals surface area contributed by atoms with Gasteiger partial charge in [-0.2, -0.15) is 11.8 Å². The molecule has 3 nitrogen and oxygen atoms in total. The third kappa shape index (κ3) is 5.74. The van der Waals surface area contributed by atoms with Gasteiger partial charge in [0.05, 0.1) is 13.7 Å². The largest absolute Gasteiger partial charge is 0.497 e. The molecule has 0 aliphatic rings. The standard InChI is InChI=1S/C15H25NO2S/c1-4-13(16)10-12-11-14(17-2)6-7-15(12)18-8-5-9-19-3/h6-7,11,13H,4-5,8-10,16H2,1-3H3. The van der Waals surface area contributed by atoms with Gasteiger partial charge < -0.3 is 15.2 Å². The van der Waals surface area contributed by atoms with Crippen molar-refractivity contribution in [1.29, 1.82) is 0 Å². The lowest BCUT2D eigenvalue weighted by Gasteiger charge is -2.15. The van der Waals surface area contributed by atoms with E-state index in [0.29, 0.717) is 0 Å². The Bertz CT molecular complexity index is 371. The summed E-state index contributed by atoms with van der Waals surface area (Å²) in [5.41, 5.74) is 7.18. The fourth-order valence-electron chi connectivity index (χ4n) is 1.80. The van der Waals surface area contributed by atoms with Crippen LogP contribution in [-0.4, -0.2) is 31.8 Å². The number of hydrogen-bond donors (Lipinski definition) is 1. The first-order chi connectivity index (χ1) is 9.21. The van der Waals surface area contributed by atoms with Crippen molar-refractivity contribution in [2.24, 2.45) is 5.73 Å². The number of ether oxygens (including phenoxy) is 2. The highest BCUT2D eigenvalue weighted by atomic mass is 32.2. The molecular formula is C15H25NO2S. The number of thioether (sulfide) groups is 1. The molecule has 2 N–H and O–H groups in total. The minimum absolute atomic E-state index is 0.167. The van der Waals surface area contributed by atoms with Crippen molar-refractivity contribution in [3.8, 4) is 11.5 Å². The second-order valence-electron chi connectivity index (χ2n) is 4.54. The molecule has 4 heteroatoms. The topological polar surface area (TPSA) is 44.5 Å². The molecule has 1 atom stereocenters. The van der Waals surface area contributed by atoms with Crippen LogP contribution in [0.2, 0.25) is 0 Å². The summed E-state index contributed by atoms with van der Waals surface area (Å²) in [5.74, 6) is 2.92. The maximum absolute atomic E-state index is 6.04. The van der Waals surface area contributed by atoms with E-state index >= 15 is 0 Å². The summed E-state index contributed by atoms with van der Waals surface area (Å²) in [7, 11) is 1.68. The van der Waals surface area contributed by atoms with Gasteiger partial charge in [-0.3, -0.25) is 0 Å². The molecule has 1 rings (SSSR count). The molecular weight excluding hydrogens is 258 g/mol. The molecule has 0 fully saturated rings. The summed E-state index contributed by atoms with van der Waals surface area (Å²) < 4.78 is 11.1. The third-order valence-corrected chi connectivity index (χ3v) is 3.72. The Labute approximate surface area is 120 Å². The molecule has 108 valence electrons. The SMILES string of the molecule is CCC(N)Cc1cc(OC)ccc1OCCCSC. The normalized spacial score (nSPS) is 12.2. The number of methoxy groups -OCH3 is 1. The highest BCUT2D eigenvalue weighted by Crippen LogP contribution is 2.25. The molecule has 0 radical (unpaired) electrons. The molecule has 0 aromatic heterocycles. The molecule has 0 bridgehead atoms. The van der Waals surface area contributed by atoms with Crippen LogP contribution in [0.1, 0.15) is 25.3 Å². The van der Waals surface area contributed by atoms with Crippen molar-refractivity contribution in [2.75, 3.05) is 25.7 Å². The van der Waals surface area contributed by atoms with Crippen molar-refractivity contribution in [3.05, 3.63) is 23.8 Å². The monoisotopic (exact) mass is 283 g/mol. The molecule has 0 heterocycles. The Morgan fingerprint density at radius 3 is 2.79 bits per heavy atom. The van der Waals surface area contributed by atoms with Gasteiger partial charge >= 0.3 is 0 Å². The van der Waals surface area contributed by atoms with Crippen LogP contribution in [0.5, 0.6) is 11.5 Å². The van der Waals surface area contributed by atoms with Crippen LogP contribution in [0.25, 0.3) is 0 Å². The first-order valence-corrected chi connectivity index (χ1v) is 8.14. The van der Waals surface area contributed by atoms with Crippen LogP contribution in [0.15, 0.2) is 18.2 Å². The summed E-state index contributed by atoms with van der Waals surface area (Å²) in [6.07, 6.45) is 4.96. The molecule has 1 aromatic carbocycles. The summed E-state index contributed by atoms with van der Waals surface area (Å²) in [6, 6.07) is 6.11. The van der Waals surface area contributed by atoms with E-state index < -0.39 is 0 Å². The van der Waals surface area contributed by atoms with Crippen molar-refractivity contribution in [3.63, 3.8) is 0 Å². The van der Waals surface area contributed by atoms with Crippen LogP contribution in [0, 0.1) is 0 Å². The van der Waals surface area contributed by atoms with Gasteiger partial charge in [0.2, 0.25) is 0 Å². The molecule has 0 spiro atoms. The average Bonchev–Trinajstić information content (AvgIpc) is 2.44. The molecule has 0 aliphatic heterocycles. The molecule has 19 heavy (non-hydrogen) atoms. The highest BCUT2D eigenvalue weighted by Gasteiger charge is 2.09. The van der Waals surface area contributed by atoms with Gasteiger partial charge in [0.1, 0.15) is 11.5 Å². The van der Waals surface area contributed by atoms with Crippen LogP contribution in [-0.2, 0) is 6.42 Å². The molecule has 0 aliphatic carbocycles. The lowest BCUT2D eigenvalue weighted by atomic mass is 10.0. The quantitative estimate of drug-likeness (QED) is 0.707. The van der Waals surface area contributed by atoms with E-state index in [9.17, 15) is 0 Å². The van der Waals surface area contributed by atoms with E-state index in [4.69, 9.17) is 15.2 Å². The van der Waals surface area contributed by atoms with Gasteiger partial charge in [-0.15, -0.1) is 0 Å². The first-order valence-electron chi connectivity index (χ1n) is 6.75. The van der Waals surface area contributed by atoms with Crippen molar-refractivity contribution < 1.29 is 9.47 Å². The lowest BCUT2D eigenvalue weighted by molar-refractivity contribution is 0.313. The Kier molecular flexibility index (Phi) is 7.75. The summed E-state index contributed by atoms with van der Waals surface area (Å²) in [5, 5.41) is 0. The Morgan fingerprint density at radius 1 is 1.37 bits per heavy atom. The van der Waals surface area contributed by atoms with Gasteiger partial charge in [-0.1, -0.05) is 6.92 Å². The van der Waals surface area contributed by atoms with Gasteiger partial charge in [0, 0.05) is 6.04 Å². The molecule has 0 amide bonds. The third-order valence-electron chi connectivity index (χ3n) is 3.02. The molecule has 1 aromatic rings. The van der Waals surface area contributed by atoms with Gasteiger partial charge in [0.15, 0.2) is 0 Å². The number of benzene rings is 1. The van der Waals surface area contributed by atoms with Crippen LogP contribution in [0.3, 0.4) is 0 Å². The minimum atomic E-state index is 0.167. The van der Waals surface area contributed by atoms with Crippen LogP contribution >= 0.6 is 11.8 Å². The van der Waals surface area contributed by atoms with E-state index in [1.165, 1.54) is 0 Å². The van der Waals surface area contributed by atoms with E-state index in [1.54, 1.807) is 7.11 Å². The minimum Gasteiger partial charge on any atom is -0.497 e. The fourth-order valence-corrected chi connectivity index (χ4v) is 2.20. The molecule has 0 saturated carbocycles. The van der Waals surface area contributed by atoms with E-state index in [1.807, 2.05) is 30.0 Å². The molecule has 1 unspecified atom stereocenters.